The third-order valence-electron chi connectivity index (χ3n) is 3.30. The number of methoxy groups -OCH3 is 1. The predicted molar refractivity (Wildman–Crippen MR) is 87.9 cm³/mol. The molecule has 0 unspecified atom stereocenters. The van der Waals surface area contributed by atoms with E-state index in [4.69, 9.17) is 16.3 Å². The van der Waals surface area contributed by atoms with Gasteiger partial charge in [-0.25, -0.2) is 9.97 Å². The van der Waals surface area contributed by atoms with E-state index in [0.29, 0.717) is 10.9 Å². The van der Waals surface area contributed by atoms with Crippen LogP contribution in [0.2, 0.25) is 5.15 Å². The van der Waals surface area contributed by atoms with Crippen LogP contribution >= 0.6 is 23.4 Å². The van der Waals surface area contributed by atoms with Crippen molar-refractivity contribution in [2.45, 2.75) is 10.9 Å². The second-order valence-corrected chi connectivity index (χ2v) is 5.96. The Morgan fingerprint density at radius 2 is 2.18 bits per heavy atom. The van der Waals surface area contributed by atoms with Crippen LogP contribution in [0, 0.1) is 0 Å². The van der Waals surface area contributed by atoms with Gasteiger partial charge in [0.1, 0.15) is 16.7 Å². The summed E-state index contributed by atoms with van der Waals surface area (Å²) in [5, 5.41) is 1.53. The Kier molecular flexibility index (Phi) is 4.40. The van der Waals surface area contributed by atoms with Crippen molar-refractivity contribution < 1.29 is 4.74 Å². The van der Waals surface area contributed by atoms with Crippen LogP contribution in [0.25, 0.3) is 5.69 Å². The van der Waals surface area contributed by atoms with Gasteiger partial charge in [-0.15, -0.1) is 0 Å². The number of nitrogens with zero attached hydrogens (tertiary/aromatic N) is 4. The first-order valence-electron chi connectivity index (χ1n) is 6.65. The molecule has 3 rings (SSSR count). The van der Waals surface area contributed by atoms with Gasteiger partial charge in [0.15, 0.2) is 5.16 Å². The summed E-state index contributed by atoms with van der Waals surface area (Å²) in [4.78, 5) is 8.71. The molecule has 1 aromatic carbocycles. The van der Waals surface area contributed by atoms with Crippen LogP contribution in [0.1, 0.15) is 5.82 Å². The summed E-state index contributed by atoms with van der Waals surface area (Å²) in [6.45, 7) is 0. The van der Waals surface area contributed by atoms with Gasteiger partial charge in [0, 0.05) is 25.5 Å². The van der Waals surface area contributed by atoms with E-state index in [0.717, 1.165) is 22.4 Å². The van der Waals surface area contributed by atoms with E-state index in [1.54, 1.807) is 31.3 Å². The molecule has 0 N–H and O–H groups in total. The number of hydrogen-bond acceptors (Lipinski definition) is 4. The molecule has 0 aliphatic heterocycles. The maximum absolute atomic E-state index is 6.01. The molecule has 114 valence electrons. The zero-order chi connectivity index (χ0) is 15.5. The number of imidazole rings is 2. The van der Waals surface area contributed by atoms with Gasteiger partial charge in [-0.3, -0.25) is 4.57 Å². The molecule has 7 heteroatoms. The number of thioether (sulfide) groups is 1. The largest absolute Gasteiger partial charge is 0.497 e. The fraction of sp³-hybridized carbons (Fsp3) is 0.200. The van der Waals surface area contributed by atoms with Gasteiger partial charge in [0.2, 0.25) is 0 Å². The lowest BCUT2D eigenvalue weighted by molar-refractivity contribution is 0.414. The molecule has 0 aliphatic rings. The quantitative estimate of drug-likeness (QED) is 0.669. The fourth-order valence-electron chi connectivity index (χ4n) is 2.04. The number of ether oxygens (including phenoxy) is 1. The van der Waals surface area contributed by atoms with Crippen molar-refractivity contribution in [1.82, 2.24) is 19.1 Å². The van der Waals surface area contributed by atoms with Crippen molar-refractivity contribution in [3.63, 3.8) is 0 Å². The predicted octanol–water partition coefficient (Wildman–Crippen LogP) is 3.56. The number of aromatic nitrogens is 4. The summed E-state index contributed by atoms with van der Waals surface area (Å²) in [5.74, 6) is 2.43. The maximum Gasteiger partial charge on any atom is 0.173 e. The molecule has 3 aromatic rings. The van der Waals surface area contributed by atoms with Crippen LogP contribution in [0.3, 0.4) is 0 Å². The summed E-state index contributed by atoms with van der Waals surface area (Å²) in [6.07, 6.45) is 5.38. The average Bonchev–Trinajstić information content (AvgIpc) is 3.14. The summed E-state index contributed by atoms with van der Waals surface area (Å²) in [7, 11) is 3.56. The highest BCUT2D eigenvalue weighted by Crippen LogP contribution is 2.26. The highest BCUT2D eigenvalue weighted by Gasteiger charge is 2.10. The maximum atomic E-state index is 6.01. The van der Waals surface area contributed by atoms with Crippen molar-refractivity contribution in [2.24, 2.45) is 7.05 Å². The summed E-state index contributed by atoms with van der Waals surface area (Å²) in [5.41, 5.74) is 1.01. The molecule has 5 nitrogen and oxygen atoms in total. The number of rotatable bonds is 5. The van der Waals surface area contributed by atoms with Crippen molar-refractivity contribution in [2.75, 3.05) is 7.11 Å². The summed E-state index contributed by atoms with van der Waals surface area (Å²) in [6, 6.07) is 7.87. The molecule has 2 aromatic heterocycles. The Bertz CT molecular complexity index is 783. The topological polar surface area (TPSA) is 44.9 Å². The molecule has 0 bridgehead atoms. The van der Waals surface area contributed by atoms with Gasteiger partial charge in [-0.2, -0.15) is 0 Å². The molecular weight excluding hydrogens is 320 g/mol. The molecule has 0 radical (unpaired) electrons. The lowest BCUT2D eigenvalue weighted by Gasteiger charge is -2.09. The number of benzene rings is 1. The SMILES string of the molecule is COc1cccc(-n2ccnc2SCc2ncc(Cl)n2C)c1. The highest BCUT2D eigenvalue weighted by molar-refractivity contribution is 7.98. The molecule has 0 fully saturated rings. The Hall–Kier alpha value is -1.92. The van der Waals surface area contributed by atoms with Crippen LogP contribution in [-0.4, -0.2) is 26.2 Å². The molecule has 0 saturated heterocycles. The van der Waals surface area contributed by atoms with Crippen LogP contribution in [0.4, 0.5) is 0 Å². The van der Waals surface area contributed by atoms with E-state index in [1.165, 1.54) is 0 Å². The molecule has 0 atom stereocenters. The average molecular weight is 335 g/mol. The lowest BCUT2D eigenvalue weighted by atomic mass is 10.3. The first-order valence-corrected chi connectivity index (χ1v) is 8.02. The normalized spacial score (nSPS) is 10.9. The molecule has 0 amide bonds. The second kappa shape index (κ2) is 6.46. The minimum atomic E-state index is 0.631. The van der Waals surface area contributed by atoms with Crippen molar-refractivity contribution in [3.05, 3.63) is 53.8 Å². The number of halogens is 1. The third-order valence-corrected chi connectivity index (χ3v) is 4.61. The van der Waals surface area contributed by atoms with E-state index >= 15 is 0 Å². The van der Waals surface area contributed by atoms with Gasteiger partial charge < -0.3 is 9.30 Å². The Morgan fingerprint density at radius 1 is 1.32 bits per heavy atom. The van der Waals surface area contributed by atoms with Crippen LogP contribution in [-0.2, 0) is 12.8 Å². The van der Waals surface area contributed by atoms with Gasteiger partial charge in [-0.1, -0.05) is 29.4 Å². The third kappa shape index (κ3) is 2.98. The monoisotopic (exact) mass is 334 g/mol. The molecule has 0 spiro atoms. The van der Waals surface area contributed by atoms with E-state index < -0.39 is 0 Å². The second-order valence-electron chi connectivity index (χ2n) is 4.63. The Labute approximate surface area is 137 Å². The van der Waals surface area contributed by atoms with E-state index in [2.05, 4.69) is 9.97 Å². The molecule has 22 heavy (non-hydrogen) atoms. The van der Waals surface area contributed by atoms with Gasteiger partial charge >= 0.3 is 0 Å². The lowest BCUT2D eigenvalue weighted by Crippen LogP contribution is -1.99. The summed E-state index contributed by atoms with van der Waals surface area (Å²) < 4.78 is 9.17. The minimum absolute atomic E-state index is 0.631. The zero-order valence-electron chi connectivity index (χ0n) is 12.2. The molecule has 0 aliphatic carbocycles. The van der Waals surface area contributed by atoms with E-state index in [9.17, 15) is 0 Å². The van der Waals surface area contributed by atoms with Crippen LogP contribution < -0.4 is 4.74 Å². The van der Waals surface area contributed by atoms with Crippen molar-refractivity contribution in [3.8, 4) is 11.4 Å². The summed E-state index contributed by atoms with van der Waals surface area (Å²) >= 11 is 7.62. The van der Waals surface area contributed by atoms with Crippen LogP contribution in [0.15, 0.2) is 48.0 Å². The highest BCUT2D eigenvalue weighted by atomic mass is 35.5. The minimum Gasteiger partial charge on any atom is -0.497 e. The Morgan fingerprint density at radius 3 is 2.91 bits per heavy atom. The molecular formula is C15H15ClN4OS. The smallest absolute Gasteiger partial charge is 0.173 e. The van der Waals surface area contributed by atoms with Crippen molar-refractivity contribution >= 4 is 23.4 Å². The van der Waals surface area contributed by atoms with E-state index in [1.807, 2.05) is 46.6 Å². The fourth-order valence-corrected chi connectivity index (χ4v) is 3.15. The van der Waals surface area contributed by atoms with Crippen LogP contribution in [0.5, 0.6) is 5.75 Å². The van der Waals surface area contributed by atoms with E-state index in [-0.39, 0.29) is 0 Å². The number of hydrogen-bond donors (Lipinski definition) is 0. The first kappa shape index (κ1) is 15.0. The van der Waals surface area contributed by atoms with Gasteiger partial charge in [0.05, 0.1) is 24.7 Å². The standard InChI is InChI=1S/C15H15ClN4OS/c1-19-13(16)9-18-14(19)10-22-15-17-6-7-20(15)11-4-3-5-12(8-11)21-2/h3-9H,10H2,1-2H3. The molecule has 0 saturated carbocycles. The van der Waals surface area contributed by atoms with Gasteiger partial charge in [0.25, 0.3) is 0 Å². The van der Waals surface area contributed by atoms with Gasteiger partial charge in [-0.05, 0) is 12.1 Å². The zero-order valence-corrected chi connectivity index (χ0v) is 13.8. The Balaban J connectivity index is 1.81. The first-order chi connectivity index (χ1) is 10.7. The van der Waals surface area contributed by atoms with Crippen molar-refractivity contribution in [1.29, 1.82) is 0 Å². The molecule has 2 heterocycles.